The molecule has 0 aromatic carbocycles. The van der Waals surface area contributed by atoms with Gasteiger partial charge in [-0.1, -0.05) is 69.8 Å². The third kappa shape index (κ3) is 39.1. The summed E-state index contributed by atoms with van der Waals surface area (Å²) in [5, 5.41) is 7.42. The molecule has 0 unspecified atom stereocenters. The number of carboxylic acid groups (broad SMARTS) is 1. The van der Waals surface area contributed by atoms with Crippen molar-refractivity contribution in [2.24, 2.45) is 0 Å². The van der Waals surface area contributed by atoms with Gasteiger partial charge in [-0.15, -0.1) is 0 Å². The van der Waals surface area contributed by atoms with E-state index in [2.05, 4.69) is 38.2 Å². The summed E-state index contributed by atoms with van der Waals surface area (Å²) in [5.41, 5.74) is 0. The second-order valence-electron chi connectivity index (χ2n) is 5.60. The van der Waals surface area contributed by atoms with Gasteiger partial charge in [-0.2, -0.15) is 6.42 Å². The van der Waals surface area contributed by atoms with Crippen LogP contribution in [-0.4, -0.2) is 11.1 Å². The number of aliphatic carboxylic acids is 1. The molecule has 0 saturated carbocycles. The fourth-order valence-corrected chi connectivity index (χ4v) is 1.99. The molecule has 0 aliphatic heterocycles. The number of rotatable bonds is 13. The van der Waals surface area contributed by atoms with E-state index < -0.39 is 5.97 Å². The zero-order valence-electron chi connectivity index (χ0n) is 15.9. The quantitative estimate of drug-likeness (QED) is 0.241. The number of hydrogen-bond donors (Lipinski definition) is 1. The van der Waals surface area contributed by atoms with E-state index in [0.29, 0.717) is 0 Å². The molecule has 0 aliphatic rings. The molecular weight excluding hydrogens is 295 g/mol. The van der Waals surface area contributed by atoms with Crippen molar-refractivity contribution in [2.45, 2.75) is 90.9 Å². The van der Waals surface area contributed by atoms with Crippen LogP contribution in [-0.2, 0) is 4.79 Å². The van der Waals surface area contributed by atoms with Crippen LogP contribution < -0.4 is 29.6 Å². The smallest absolute Gasteiger partial charge is 0.481 e. The number of unbranched alkanes of at least 4 members (excludes halogenated alkanes) is 9. The van der Waals surface area contributed by atoms with Gasteiger partial charge in [-0.05, 0) is 32.1 Å². The summed E-state index contributed by atoms with van der Waals surface area (Å²) in [4.78, 5) is 9.00. The average Bonchev–Trinajstić information content (AvgIpc) is 2.47. The number of hydrogen-bond acceptors (Lipinski definition) is 1. The first-order valence-electron chi connectivity index (χ1n) is 8.93. The molecule has 0 rings (SSSR count). The van der Waals surface area contributed by atoms with Gasteiger partial charge in [0.2, 0.25) is 0 Å². The number of carboxylic acids is 1. The minimum Gasteiger partial charge on any atom is -0.481 e. The minimum atomic E-state index is -0.833. The van der Waals surface area contributed by atoms with Gasteiger partial charge in [0.15, 0.2) is 0 Å². The molecule has 2 nitrogen and oxygen atoms in total. The van der Waals surface area contributed by atoms with Crippen LogP contribution in [0.2, 0.25) is 0 Å². The summed E-state index contributed by atoms with van der Waals surface area (Å²) in [5.74, 6) is -0.833. The molecule has 0 amide bonds. The van der Waals surface area contributed by atoms with Crippen LogP contribution in [0.4, 0.5) is 0 Å². The van der Waals surface area contributed by atoms with Crippen molar-refractivity contribution in [1.29, 1.82) is 0 Å². The van der Waals surface area contributed by atoms with E-state index in [-0.39, 0.29) is 29.6 Å². The summed E-state index contributed by atoms with van der Waals surface area (Å²) in [7, 11) is 0. The van der Waals surface area contributed by atoms with Gasteiger partial charge < -0.3 is 12.0 Å². The van der Waals surface area contributed by atoms with Gasteiger partial charge in [-0.3, -0.25) is 4.79 Å². The van der Waals surface area contributed by atoms with Crippen molar-refractivity contribution in [2.75, 3.05) is 0 Å². The van der Waals surface area contributed by atoms with Crippen molar-refractivity contribution in [1.82, 2.24) is 0 Å². The van der Waals surface area contributed by atoms with Gasteiger partial charge in [0.25, 0.3) is 5.97 Å². The molecule has 0 fully saturated rings. The zero-order valence-corrected chi connectivity index (χ0v) is 17.9. The van der Waals surface area contributed by atoms with Crippen molar-refractivity contribution in [3.05, 3.63) is 31.2 Å². The summed E-state index contributed by atoms with van der Waals surface area (Å²) < 4.78 is 0. The Kier molecular flexibility index (Phi) is 32.4. The van der Waals surface area contributed by atoms with Crippen LogP contribution in [0.25, 0.3) is 0 Å². The van der Waals surface area contributed by atoms with E-state index in [1.807, 2.05) is 0 Å². The monoisotopic (exact) mass is 332 g/mol. The van der Waals surface area contributed by atoms with E-state index in [9.17, 15) is 0 Å². The molecule has 0 spiro atoms. The summed E-state index contributed by atoms with van der Waals surface area (Å²) in [6.45, 7) is 7.21. The first-order valence-corrected chi connectivity index (χ1v) is 8.93. The topological polar surface area (TPSA) is 37.3 Å². The van der Waals surface area contributed by atoms with Crippen molar-refractivity contribution in [3.8, 4) is 0 Å². The van der Waals surface area contributed by atoms with E-state index in [1.54, 1.807) is 0 Å². The fourth-order valence-electron chi connectivity index (χ4n) is 1.99. The van der Waals surface area contributed by atoms with Crippen LogP contribution in [0.1, 0.15) is 90.9 Å². The predicted molar refractivity (Wildman–Crippen MR) is 98.0 cm³/mol. The largest absolute Gasteiger partial charge is 1.00 e. The predicted octanol–water partition coefficient (Wildman–Crippen LogP) is 3.73. The van der Waals surface area contributed by atoms with Crippen LogP contribution in [0, 0.1) is 6.92 Å². The van der Waals surface area contributed by atoms with E-state index in [0.717, 1.165) is 19.8 Å². The fraction of sp³-hybridized carbons (Fsp3) is 0.700. The average molecular weight is 333 g/mol. The summed E-state index contributed by atoms with van der Waals surface area (Å²) in [6.07, 6.45) is 24.9. The van der Waals surface area contributed by atoms with E-state index in [1.165, 1.54) is 64.2 Å². The third-order valence-corrected chi connectivity index (χ3v) is 3.20. The molecule has 1 N–H and O–H groups in total. The molecular formula is C20H37NaO2. The van der Waals surface area contributed by atoms with Gasteiger partial charge in [-0.25, -0.2) is 0 Å². The first-order chi connectivity index (χ1) is 10.6. The summed E-state index contributed by atoms with van der Waals surface area (Å²) >= 11 is 0. The van der Waals surface area contributed by atoms with Gasteiger partial charge in [0.1, 0.15) is 0 Å². The van der Waals surface area contributed by atoms with Gasteiger partial charge in [0.05, 0.1) is 0 Å². The maximum atomic E-state index is 9.00. The van der Waals surface area contributed by atoms with Crippen LogP contribution in [0.3, 0.4) is 0 Å². The minimum absolute atomic E-state index is 0. The Morgan fingerprint density at radius 1 is 0.870 bits per heavy atom. The van der Waals surface area contributed by atoms with Gasteiger partial charge in [0, 0.05) is 6.92 Å². The Balaban J connectivity index is -0.000000712. The van der Waals surface area contributed by atoms with Crippen molar-refractivity contribution < 1.29 is 39.5 Å². The van der Waals surface area contributed by atoms with Crippen molar-refractivity contribution in [3.63, 3.8) is 0 Å². The van der Waals surface area contributed by atoms with Crippen LogP contribution in [0.5, 0.6) is 0 Å². The Morgan fingerprint density at radius 2 is 1.30 bits per heavy atom. The molecule has 0 atom stereocenters. The van der Waals surface area contributed by atoms with E-state index in [4.69, 9.17) is 9.90 Å². The number of allylic oxidation sites excluding steroid dienone is 4. The molecule has 0 aromatic rings. The molecule has 0 heterocycles. The Labute approximate surface area is 167 Å². The second kappa shape index (κ2) is 26.8. The standard InChI is InChI=1S/C18H33.C2H4O2.Na/c1-3-5-7-9-11-13-15-17-18-16-14-12-10-8-6-4-2;1-2(3)4;/h12,14,17-18H,1,3-11,13,15-16H2,2H3;1H3,(H,3,4);/q-1;;+1/b14-12-,18-17-;;. The Morgan fingerprint density at radius 3 is 1.78 bits per heavy atom. The number of carbonyl (C=O) groups is 1. The van der Waals surface area contributed by atoms with Gasteiger partial charge >= 0.3 is 29.6 Å². The van der Waals surface area contributed by atoms with Crippen molar-refractivity contribution >= 4 is 5.97 Å². The second-order valence-corrected chi connectivity index (χ2v) is 5.60. The maximum absolute atomic E-state index is 9.00. The zero-order chi connectivity index (χ0) is 16.9. The molecule has 23 heavy (non-hydrogen) atoms. The first kappa shape index (κ1) is 27.8. The molecule has 130 valence electrons. The third-order valence-electron chi connectivity index (χ3n) is 3.20. The molecule has 0 radical (unpaired) electrons. The van der Waals surface area contributed by atoms with Crippen LogP contribution >= 0.6 is 0 Å². The normalized spacial score (nSPS) is 10.4. The molecule has 3 heteroatoms. The molecule has 0 bridgehead atoms. The van der Waals surface area contributed by atoms with E-state index >= 15 is 0 Å². The Hall–Kier alpha value is -0.0500. The SMILES string of the molecule is CC(=O)O.[CH2-]CCCCCCC/C=C\C/C=C\CCCCC.[Na+]. The molecule has 0 aromatic heterocycles. The van der Waals surface area contributed by atoms with Crippen LogP contribution in [0.15, 0.2) is 24.3 Å². The maximum Gasteiger partial charge on any atom is 1.00 e. The molecule has 0 saturated heterocycles. The Bertz CT molecular complexity index is 269. The summed E-state index contributed by atoms with van der Waals surface area (Å²) in [6, 6.07) is 0. The molecule has 0 aliphatic carbocycles.